The molecule has 4 N–H and O–H groups in total. The van der Waals surface area contributed by atoms with E-state index < -0.39 is 0 Å². The van der Waals surface area contributed by atoms with Crippen LogP contribution < -0.4 is 11.1 Å². The van der Waals surface area contributed by atoms with Crippen LogP contribution in [0.2, 0.25) is 0 Å². The molecular formula is C16H26N4O. The maximum atomic E-state index is 8.97. The SMILES string of the molecule is CN1CCC(CNCC(C(N)=NO)c2ccccc2)CC1. The number of amidine groups is 1. The topological polar surface area (TPSA) is 73.9 Å². The van der Waals surface area contributed by atoms with Crippen LogP contribution in [0.1, 0.15) is 24.3 Å². The van der Waals surface area contributed by atoms with Gasteiger partial charge in [-0.1, -0.05) is 35.5 Å². The van der Waals surface area contributed by atoms with Crippen molar-refractivity contribution < 1.29 is 5.21 Å². The molecule has 116 valence electrons. The van der Waals surface area contributed by atoms with Crippen LogP contribution in [0.25, 0.3) is 0 Å². The van der Waals surface area contributed by atoms with Crippen LogP contribution in [0.5, 0.6) is 0 Å². The number of benzene rings is 1. The third kappa shape index (κ3) is 4.72. The van der Waals surface area contributed by atoms with Crippen molar-refractivity contribution in [2.75, 3.05) is 33.2 Å². The fraction of sp³-hybridized carbons (Fsp3) is 0.562. The monoisotopic (exact) mass is 290 g/mol. The molecule has 0 saturated carbocycles. The van der Waals surface area contributed by atoms with Crippen LogP contribution in [0.3, 0.4) is 0 Å². The maximum absolute atomic E-state index is 8.97. The number of nitrogens with zero attached hydrogens (tertiary/aromatic N) is 2. The van der Waals surface area contributed by atoms with Gasteiger partial charge in [0.25, 0.3) is 0 Å². The predicted octanol–water partition coefficient (Wildman–Crippen LogP) is 1.45. The van der Waals surface area contributed by atoms with Crippen molar-refractivity contribution in [3.8, 4) is 0 Å². The Balaban J connectivity index is 1.85. The van der Waals surface area contributed by atoms with E-state index in [4.69, 9.17) is 10.9 Å². The lowest BCUT2D eigenvalue weighted by atomic mass is 9.95. The summed E-state index contributed by atoms with van der Waals surface area (Å²) in [5.41, 5.74) is 6.91. The summed E-state index contributed by atoms with van der Waals surface area (Å²) in [5.74, 6) is 0.907. The van der Waals surface area contributed by atoms with E-state index in [9.17, 15) is 0 Å². The highest BCUT2D eigenvalue weighted by Gasteiger charge is 2.19. The average molecular weight is 290 g/mol. The van der Waals surface area contributed by atoms with Gasteiger partial charge in [-0.2, -0.15) is 0 Å². The first kappa shape index (κ1) is 15.8. The number of oxime groups is 1. The number of rotatable bonds is 6. The molecule has 1 saturated heterocycles. The fourth-order valence-corrected chi connectivity index (χ4v) is 2.85. The lowest BCUT2D eigenvalue weighted by molar-refractivity contribution is 0.216. The van der Waals surface area contributed by atoms with E-state index in [1.54, 1.807) is 0 Å². The molecule has 1 fully saturated rings. The Bertz CT molecular complexity index is 441. The van der Waals surface area contributed by atoms with Gasteiger partial charge in [0.05, 0.1) is 5.92 Å². The third-order valence-corrected chi connectivity index (χ3v) is 4.29. The highest BCUT2D eigenvalue weighted by Crippen LogP contribution is 2.17. The molecule has 1 aromatic rings. The average Bonchev–Trinajstić information content (AvgIpc) is 2.53. The summed E-state index contributed by atoms with van der Waals surface area (Å²) in [7, 11) is 2.17. The number of nitrogens with one attached hydrogen (secondary N) is 1. The molecule has 0 amide bonds. The second kappa shape index (κ2) is 8.00. The van der Waals surface area contributed by atoms with E-state index in [1.807, 2.05) is 30.3 Å². The quantitative estimate of drug-likeness (QED) is 0.321. The summed E-state index contributed by atoms with van der Waals surface area (Å²) in [6.07, 6.45) is 2.48. The van der Waals surface area contributed by atoms with E-state index in [-0.39, 0.29) is 11.8 Å². The summed E-state index contributed by atoms with van der Waals surface area (Å²) in [6.45, 7) is 4.05. The number of hydrogen-bond donors (Lipinski definition) is 3. The highest BCUT2D eigenvalue weighted by atomic mass is 16.4. The lowest BCUT2D eigenvalue weighted by Crippen LogP contribution is -2.38. The molecular weight excluding hydrogens is 264 g/mol. The Kier molecular flexibility index (Phi) is 6.02. The molecule has 5 heteroatoms. The number of nitrogens with two attached hydrogens (primary N) is 1. The normalized spacial score (nSPS) is 19.6. The lowest BCUT2D eigenvalue weighted by Gasteiger charge is -2.29. The van der Waals surface area contributed by atoms with Gasteiger partial charge in [-0.3, -0.25) is 0 Å². The molecule has 0 aliphatic carbocycles. The first-order valence-corrected chi connectivity index (χ1v) is 7.62. The van der Waals surface area contributed by atoms with Gasteiger partial charge in [0, 0.05) is 6.54 Å². The first-order valence-electron chi connectivity index (χ1n) is 7.62. The van der Waals surface area contributed by atoms with Crippen molar-refractivity contribution in [1.82, 2.24) is 10.2 Å². The summed E-state index contributed by atoms with van der Waals surface area (Å²) >= 11 is 0. The van der Waals surface area contributed by atoms with Crippen LogP contribution in [0.4, 0.5) is 0 Å². The van der Waals surface area contributed by atoms with Gasteiger partial charge in [0.15, 0.2) is 0 Å². The molecule has 0 spiro atoms. The van der Waals surface area contributed by atoms with Crippen molar-refractivity contribution in [2.45, 2.75) is 18.8 Å². The number of piperidine rings is 1. The summed E-state index contributed by atoms with van der Waals surface area (Å²) in [5, 5.41) is 15.7. The Hall–Kier alpha value is -1.59. The molecule has 0 radical (unpaired) electrons. The minimum absolute atomic E-state index is 0.0811. The van der Waals surface area contributed by atoms with Crippen molar-refractivity contribution in [3.05, 3.63) is 35.9 Å². The molecule has 1 aliphatic heterocycles. The Morgan fingerprint density at radius 1 is 1.38 bits per heavy atom. The second-order valence-corrected chi connectivity index (χ2v) is 5.89. The molecule has 2 rings (SSSR count). The van der Waals surface area contributed by atoms with E-state index in [1.165, 1.54) is 25.9 Å². The minimum atomic E-state index is -0.0811. The second-order valence-electron chi connectivity index (χ2n) is 5.89. The summed E-state index contributed by atoms with van der Waals surface area (Å²) < 4.78 is 0. The minimum Gasteiger partial charge on any atom is -0.409 e. The molecule has 0 bridgehead atoms. The standard InChI is InChI=1S/C16H26N4O/c1-20-9-7-13(8-10-20)11-18-12-15(16(17)19-21)14-5-3-2-4-6-14/h2-6,13,15,18,21H,7-12H2,1H3,(H2,17,19). The van der Waals surface area contributed by atoms with Gasteiger partial charge in [-0.05, 0) is 51.0 Å². The maximum Gasteiger partial charge on any atom is 0.147 e. The Labute approximate surface area is 126 Å². The van der Waals surface area contributed by atoms with Crippen molar-refractivity contribution in [1.29, 1.82) is 0 Å². The molecule has 1 aromatic carbocycles. The van der Waals surface area contributed by atoms with E-state index in [2.05, 4.69) is 22.4 Å². The van der Waals surface area contributed by atoms with Gasteiger partial charge in [0.1, 0.15) is 5.84 Å². The van der Waals surface area contributed by atoms with Gasteiger partial charge < -0.3 is 21.2 Å². The zero-order valence-corrected chi connectivity index (χ0v) is 12.7. The van der Waals surface area contributed by atoms with Crippen LogP contribution in [0.15, 0.2) is 35.5 Å². The molecule has 1 aliphatic rings. The van der Waals surface area contributed by atoms with Crippen LogP contribution in [0, 0.1) is 5.92 Å². The van der Waals surface area contributed by atoms with Gasteiger partial charge >= 0.3 is 0 Å². The summed E-state index contributed by atoms with van der Waals surface area (Å²) in [6, 6.07) is 9.95. The van der Waals surface area contributed by atoms with Crippen LogP contribution in [-0.2, 0) is 0 Å². The Morgan fingerprint density at radius 2 is 2.05 bits per heavy atom. The van der Waals surface area contributed by atoms with Gasteiger partial charge in [-0.15, -0.1) is 0 Å². The molecule has 1 atom stereocenters. The third-order valence-electron chi connectivity index (χ3n) is 4.29. The van der Waals surface area contributed by atoms with E-state index in [0.717, 1.165) is 18.0 Å². The van der Waals surface area contributed by atoms with Crippen molar-refractivity contribution in [2.24, 2.45) is 16.8 Å². The zero-order chi connectivity index (χ0) is 15.1. The summed E-state index contributed by atoms with van der Waals surface area (Å²) in [4.78, 5) is 2.37. The number of hydrogen-bond acceptors (Lipinski definition) is 4. The highest BCUT2D eigenvalue weighted by molar-refractivity contribution is 5.87. The first-order chi connectivity index (χ1) is 10.2. The molecule has 1 unspecified atom stereocenters. The fourth-order valence-electron chi connectivity index (χ4n) is 2.85. The molecule has 21 heavy (non-hydrogen) atoms. The van der Waals surface area contributed by atoms with Crippen molar-refractivity contribution in [3.63, 3.8) is 0 Å². The Morgan fingerprint density at radius 3 is 2.67 bits per heavy atom. The molecule has 1 heterocycles. The largest absolute Gasteiger partial charge is 0.409 e. The number of likely N-dealkylation sites (tertiary alicyclic amines) is 1. The van der Waals surface area contributed by atoms with Crippen molar-refractivity contribution >= 4 is 5.84 Å². The predicted molar refractivity (Wildman–Crippen MR) is 85.7 cm³/mol. The van der Waals surface area contributed by atoms with Gasteiger partial charge in [-0.25, -0.2) is 0 Å². The molecule has 0 aromatic heterocycles. The zero-order valence-electron chi connectivity index (χ0n) is 12.7. The van der Waals surface area contributed by atoms with Crippen LogP contribution >= 0.6 is 0 Å². The smallest absolute Gasteiger partial charge is 0.147 e. The molecule has 5 nitrogen and oxygen atoms in total. The van der Waals surface area contributed by atoms with E-state index in [0.29, 0.717) is 6.54 Å². The van der Waals surface area contributed by atoms with E-state index >= 15 is 0 Å². The van der Waals surface area contributed by atoms with Gasteiger partial charge in [0.2, 0.25) is 0 Å². The van der Waals surface area contributed by atoms with Crippen LogP contribution in [-0.4, -0.2) is 49.2 Å².